The standard InChI is InChI=1S/C12H24N2O4/c1-12(2,3)14(7-5-11(16)17)10(15)9-13-6-8-18-4/h13H,5-9H2,1-4H3,(H,16,17). The molecule has 0 spiro atoms. The Labute approximate surface area is 108 Å². The summed E-state index contributed by atoms with van der Waals surface area (Å²) in [5.41, 5.74) is -0.379. The van der Waals surface area contributed by atoms with Crippen LogP contribution in [0.3, 0.4) is 0 Å². The van der Waals surface area contributed by atoms with Crippen molar-refractivity contribution in [3.8, 4) is 0 Å². The predicted octanol–water partition coefficient (Wildman–Crippen LogP) is 0.324. The van der Waals surface area contributed by atoms with Crippen LogP contribution in [-0.2, 0) is 14.3 Å². The molecule has 6 heteroatoms. The SMILES string of the molecule is COCCNCC(=O)N(CCC(=O)O)C(C)(C)C. The van der Waals surface area contributed by atoms with Crippen LogP contribution in [-0.4, -0.2) is 60.8 Å². The minimum absolute atomic E-state index is 0.0406. The summed E-state index contributed by atoms with van der Waals surface area (Å²) in [7, 11) is 1.60. The number of nitrogens with one attached hydrogen (secondary N) is 1. The second-order valence-electron chi connectivity index (χ2n) is 5.03. The summed E-state index contributed by atoms with van der Waals surface area (Å²) >= 11 is 0. The zero-order valence-electron chi connectivity index (χ0n) is 11.7. The molecule has 0 heterocycles. The summed E-state index contributed by atoms with van der Waals surface area (Å²) in [6.45, 7) is 7.23. The van der Waals surface area contributed by atoms with E-state index in [4.69, 9.17) is 9.84 Å². The number of methoxy groups -OCH3 is 1. The summed E-state index contributed by atoms with van der Waals surface area (Å²) in [5, 5.41) is 11.6. The third kappa shape index (κ3) is 7.24. The lowest BCUT2D eigenvalue weighted by Gasteiger charge is -2.35. The molecule has 2 N–H and O–H groups in total. The normalized spacial score (nSPS) is 11.3. The van der Waals surface area contributed by atoms with Crippen LogP contribution in [0.5, 0.6) is 0 Å². The number of ether oxygens (including phenoxy) is 1. The van der Waals surface area contributed by atoms with Crippen LogP contribution in [0.4, 0.5) is 0 Å². The first-order valence-corrected chi connectivity index (χ1v) is 6.01. The first kappa shape index (κ1) is 16.9. The van der Waals surface area contributed by atoms with E-state index in [1.54, 1.807) is 12.0 Å². The number of rotatable bonds is 8. The van der Waals surface area contributed by atoms with Gasteiger partial charge >= 0.3 is 5.97 Å². The van der Waals surface area contributed by atoms with Crippen molar-refractivity contribution in [3.05, 3.63) is 0 Å². The highest BCUT2D eigenvalue weighted by Crippen LogP contribution is 2.13. The summed E-state index contributed by atoms with van der Waals surface area (Å²) in [5.74, 6) is -0.996. The lowest BCUT2D eigenvalue weighted by molar-refractivity contribution is -0.140. The molecule has 0 aromatic carbocycles. The summed E-state index contributed by atoms with van der Waals surface area (Å²) in [6, 6.07) is 0. The van der Waals surface area contributed by atoms with E-state index in [9.17, 15) is 9.59 Å². The average Bonchev–Trinajstić information content (AvgIpc) is 2.22. The molecule has 0 aliphatic rings. The van der Waals surface area contributed by atoms with Gasteiger partial charge in [0.1, 0.15) is 0 Å². The number of aliphatic carboxylic acids is 1. The molecule has 0 fully saturated rings. The van der Waals surface area contributed by atoms with Crippen molar-refractivity contribution in [3.63, 3.8) is 0 Å². The Morgan fingerprint density at radius 1 is 1.33 bits per heavy atom. The van der Waals surface area contributed by atoms with E-state index in [1.807, 2.05) is 20.8 Å². The molecule has 0 aromatic rings. The van der Waals surface area contributed by atoms with Crippen LogP contribution in [0.25, 0.3) is 0 Å². The number of carbonyl (C=O) groups is 2. The molecule has 0 saturated carbocycles. The van der Waals surface area contributed by atoms with Crippen molar-refractivity contribution in [1.29, 1.82) is 0 Å². The predicted molar refractivity (Wildman–Crippen MR) is 68.5 cm³/mol. The minimum Gasteiger partial charge on any atom is -0.481 e. The van der Waals surface area contributed by atoms with Gasteiger partial charge in [-0.2, -0.15) is 0 Å². The smallest absolute Gasteiger partial charge is 0.305 e. The summed E-state index contributed by atoms with van der Waals surface area (Å²) < 4.78 is 4.87. The van der Waals surface area contributed by atoms with Gasteiger partial charge in [-0.05, 0) is 20.8 Å². The first-order valence-electron chi connectivity index (χ1n) is 6.01. The fourth-order valence-corrected chi connectivity index (χ4v) is 1.51. The fraction of sp³-hybridized carbons (Fsp3) is 0.833. The zero-order valence-corrected chi connectivity index (χ0v) is 11.7. The van der Waals surface area contributed by atoms with Crippen molar-refractivity contribution in [1.82, 2.24) is 10.2 Å². The van der Waals surface area contributed by atoms with E-state index in [1.165, 1.54) is 0 Å². The molecule has 0 bridgehead atoms. The Balaban J connectivity index is 4.28. The molecule has 0 unspecified atom stereocenters. The maximum absolute atomic E-state index is 12.0. The van der Waals surface area contributed by atoms with E-state index in [2.05, 4.69) is 5.32 Å². The summed E-state index contributed by atoms with van der Waals surface area (Å²) in [6.07, 6.45) is -0.0406. The van der Waals surface area contributed by atoms with Gasteiger partial charge in [0.15, 0.2) is 0 Å². The first-order chi connectivity index (χ1) is 8.29. The van der Waals surface area contributed by atoms with Crippen LogP contribution in [0.1, 0.15) is 27.2 Å². The topological polar surface area (TPSA) is 78.9 Å². The van der Waals surface area contributed by atoms with Crippen LogP contribution in [0.15, 0.2) is 0 Å². The lowest BCUT2D eigenvalue weighted by Crippen LogP contribution is -2.50. The number of carbonyl (C=O) groups excluding carboxylic acids is 1. The van der Waals surface area contributed by atoms with Crippen molar-refractivity contribution in [2.45, 2.75) is 32.7 Å². The Bertz CT molecular complexity index is 274. The van der Waals surface area contributed by atoms with Gasteiger partial charge in [-0.25, -0.2) is 0 Å². The molecule has 106 valence electrons. The Kier molecular flexibility index (Phi) is 7.54. The highest BCUT2D eigenvalue weighted by Gasteiger charge is 2.26. The molecule has 6 nitrogen and oxygen atoms in total. The molecular weight excluding hydrogens is 236 g/mol. The zero-order chi connectivity index (χ0) is 14.2. The Hall–Kier alpha value is -1.14. The molecule has 0 atom stereocenters. The maximum atomic E-state index is 12.0. The lowest BCUT2D eigenvalue weighted by atomic mass is 10.1. The fourth-order valence-electron chi connectivity index (χ4n) is 1.51. The van der Waals surface area contributed by atoms with E-state index < -0.39 is 5.97 Å². The van der Waals surface area contributed by atoms with E-state index in [0.717, 1.165) is 0 Å². The van der Waals surface area contributed by atoms with E-state index >= 15 is 0 Å². The van der Waals surface area contributed by atoms with Gasteiger partial charge in [-0.1, -0.05) is 0 Å². The van der Waals surface area contributed by atoms with Crippen LogP contribution in [0.2, 0.25) is 0 Å². The molecule has 1 amide bonds. The average molecular weight is 260 g/mol. The van der Waals surface area contributed by atoms with Gasteiger partial charge in [0.25, 0.3) is 0 Å². The second kappa shape index (κ2) is 8.05. The molecule has 18 heavy (non-hydrogen) atoms. The van der Waals surface area contributed by atoms with Gasteiger partial charge < -0.3 is 20.1 Å². The Morgan fingerprint density at radius 3 is 2.39 bits per heavy atom. The molecule has 0 aromatic heterocycles. The van der Waals surface area contributed by atoms with Crippen molar-refractivity contribution >= 4 is 11.9 Å². The number of hydrogen-bond acceptors (Lipinski definition) is 4. The third-order valence-corrected chi connectivity index (χ3v) is 2.42. The molecule has 0 radical (unpaired) electrons. The van der Waals surface area contributed by atoms with Crippen LogP contribution in [0, 0.1) is 0 Å². The van der Waals surface area contributed by atoms with E-state index in [-0.39, 0.29) is 31.0 Å². The third-order valence-electron chi connectivity index (χ3n) is 2.42. The number of carboxylic acid groups (broad SMARTS) is 1. The highest BCUT2D eigenvalue weighted by molar-refractivity contribution is 5.79. The maximum Gasteiger partial charge on any atom is 0.305 e. The summed E-state index contributed by atoms with van der Waals surface area (Å²) in [4.78, 5) is 24.2. The van der Waals surface area contributed by atoms with E-state index in [0.29, 0.717) is 13.2 Å². The molecular formula is C12H24N2O4. The van der Waals surface area contributed by atoms with Crippen molar-refractivity contribution in [2.75, 3.05) is 33.4 Å². The number of hydrogen-bond donors (Lipinski definition) is 2. The van der Waals surface area contributed by atoms with Gasteiger partial charge in [0.05, 0.1) is 19.6 Å². The van der Waals surface area contributed by atoms with Crippen molar-refractivity contribution in [2.24, 2.45) is 0 Å². The number of amides is 1. The monoisotopic (exact) mass is 260 g/mol. The molecule has 0 aliphatic heterocycles. The van der Waals surface area contributed by atoms with Crippen molar-refractivity contribution < 1.29 is 19.4 Å². The van der Waals surface area contributed by atoms with Gasteiger partial charge in [-0.15, -0.1) is 0 Å². The number of nitrogens with zero attached hydrogens (tertiary/aromatic N) is 1. The highest BCUT2D eigenvalue weighted by atomic mass is 16.5. The van der Waals surface area contributed by atoms with Gasteiger partial charge in [0.2, 0.25) is 5.91 Å². The minimum atomic E-state index is -0.899. The van der Waals surface area contributed by atoms with Crippen LogP contribution < -0.4 is 5.32 Å². The van der Waals surface area contributed by atoms with Gasteiger partial charge in [-0.3, -0.25) is 9.59 Å². The Morgan fingerprint density at radius 2 is 1.94 bits per heavy atom. The molecule has 0 rings (SSSR count). The van der Waals surface area contributed by atoms with Crippen LogP contribution >= 0.6 is 0 Å². The van der Waals surface area contributed by atoms with Gasteiger partial charge in [0, 0.05) is 25.7 Å². The molecule has 0 saturated heterocycles. The second-order valence-corrected chi connectivity index (χ2v) is 5.03. The molecule has 0 aliphatic carbocycles. The quantitative estimate of drug-likeness (QED) is 0.615. The number of carboxylic acids is 1. The largest absolute Gasteiger partial charge is 0.481 e.